The Bertz CT molecular complexity index is 565. The Balaban J connectivity index is 2.15. The van der Waals surface area contributed by atoms with Crippen molar-refractivity contribution in [1.82, 2.24) is 0 Å². The highest BCUT2D eigenvalue weighted by Crippen LogP contribution is 2.29. The Morgan fingerprint density at radius 2 is 1.90 bits per heavy atom. The van der Waals surface area contributed by atoms with Gasteiger partial charge in [0.2, 0.25) is 0 Å². The van der Waals surface area contributed by atoms with Crippen molar-refractivity contribution < 1.29 is 12.8 Å². The zero-order chi connectivity index (χ0) is 14.8. The number of halogens is 1. The van der Waals surface area contributed by atoms with Gasteiger partial charge in [0.25, 0.3) is 0 Å². The minimum Gasteiger partial charge on any atom is -0.380 e. The molecule has 0 spiro atoms. The van der Waals surface area contributed by atoms with Gasteiger partial charge in [-0.15, -0.1) is 0 Å². The van der Waals surface area contributed by atoms with E-state index in [-0.39, 0.29) is 16.6 Å². The second-order valence-corrected chi connectivity index (χ2v) is 7.76. The van der Waals surface area contributed by atoms with E-state index < -0.39 is 15.7 Å². The summed E-state index contributed by atoms with van der Waals surface area (Å²) < 4.78 is 36.9. The zero-order valence-corrected chi connectivity index (χ0v) is 12.8. The van der Waals surface area contributed by atoms with Gasteiger partial charge in [0, 0.05) is 12.3 Å². The fourth-order valence-corrected chi connectivity index (χ4v) is 3.49. The molecule has 0 aliphatic heterocycles. The molecule has 1 aliphatic rings. The molecule has 1 aromatic rings. The third-order valence-electron chi connectivity index (χ3n) is 4.11. The molecule has 1 unspecified atom stereocenters. The van der Waals surface area contributed by atoms with Crippen LogP contribution in [0, 0.1) is 11.7 Å². The molecule has 1 saturated carbocycles. The Morgan fingerprint density at radius 3 is 2.50 bits per heavy atom. The number of hydrogen-bond donors (Lipinski definition) is 1. The first-order valence-electron chi connectivity index (χ1n) is 7.14. The second kappa shape index (κ2) is 6.12. The van der Waals surface area contributed by atoms with E-state index in [1.807, 2.05) is 6.92 Å². The van der Waals surface area contributed by atoms with E-state index in [4.69, 9.17) is 0 Å². The van der Waals surface area contributed by atoms with E-state index in [2.05, 4.69) is 5.32 Å². The smallest absolute Gasteiger partial charge is 0.175 e. The number of rotatable bonds is 4. The molecule has 0 bridgehead atoms. The highest BCUT2D eigenvalue weighted by atomic mass is 32.2. The topological polar surface area (TPSA) is 46.2 Å². The summed E-state index contributed by atoms with van der Waals surface area (Å²) in [5.41, 5.74) is 0.283. The van der Waals surface area contributed by atoms with Crippen molar-refractivity contribution in [2.24, 2.45) is 5.92 Å². The van der Waals surface area contributed by atoms with Gasteiger partial charge in [-0.3, -0.25) is 0 Å². The van der Waals surface area contributed by atoms with E-state index in [1.54, 1.807) is 0 Å². The van der Waals surface area contributed by atoms with E-state index in [0.29, 0.717) is 5.92 Å². The lowest BCUT2D eigenvalue weighted by molar-refractivity contribution is 0.328. The molecule has 112 valence electrons. The van der Waals surface area contributed by atoms with Crippen molar-refractivity contribution in [3.05, 3.63) is 24.0 Å². The van der Waals surface area contributed by atoms with Gasteiger partial charge in [-0.1, -0.05) is 19.3 Å². The lowest BCUT2D eigenvalue weighted by Crippen LogP contribution is -2.28. The molecule has 0 radical (unpaired) electrons. The molecule has 0 saturated heterocycles. The standard InChI is InChI=1S/C15H22FNO2S/c1-11(12-6-4-3-5-7-12)17-15-10-13(20(2,18)19)8-9-14(15)16/h8-12,17H,3-7H2,1-2H3. The average molecular weight is 299 g/mol. The molecule has 1 N–H and O–H groups in total. The third kappa shape index (κ3) is 3.72. The highest BCUT2D eigenvalue weighted by molar-refractivity contribution is 7.90. The van der Waals surface area contributed by atoms with Gasteiger partial charge in [-0.25, -0.2) is 12.8 Å². The van der Waals surface area contributed by atoms with Crippen LogP contribution >= 0.6 is 0 Å². The van der Waals surface area contributed by atoms with Crippen molar-refractivity contribution >= 4 is 15.5 Å². The van der Waals surface area contributed by atoms with Crippen molar-refractivity contribution in [3.63, 3.8) is 0 Å². The van der Waals surface area contributed by atoms with Crippen LogP contribution in [0.2, 0.25) is 0 Å². The molecule has 0 aromatic heterocycles. The van der Waals surface area contributed by atoms with Crippen LogP contribution in [0.3, 0.4) is 0 Å². The molecule has 2 rings (SSSR count). The van der Waals surface area contributed by atoms with Gasteiger partial charge in [0.1, 0.15) is 5.82 Å². The van der Waals surface area contributed by atoms with Crippen LogP contribution in [0.1, 0.15) is 39.0 Å². The zero-order valence-electron chi connectivity index (χ0n) is 12.0. The minimum atomic E-state index is -3.31. The molecule has 5 heteroatoms. The molecule has 0 heterocycles. The Hall–Kier alpha value is -1.10. The van der Waals surface area contributed by atoms with E-state index >= 15 is 0 Å². The second-order valence-electron chi connectivity index (χ2n) is 5.74. The van der Waals surface area contributed by atoms with Crippen molar-refractivity contribution in [2.45, 2.75) is 50.0 Å². The Morgan fingerprint density at radius 1 is 1.25 bits per heavy atom. The number of hydrogen-bond acceptors (Lipinski definition) is 3. The van der Waals surface area contributed by atoms with Gasteiger partial charge in [-0.2, -0.15) is 0 Å². The molecule has 20 heavy (non-hydrogen) atoms. The summed E-state index contributed by atoms with van der Waals surface area (Å²) in [6, 6.07) is 4.07. The van der Waals surface area contributed by atoms with Crippen LogP contribution < -0.4 is 5.32 Å². The van der Waals surface area contributed by atoms with Crippen molar-refractivity contribution in [2.75, 3.05) is 11.6 Å². The first-order valence-corrected chi connectivity index (χ1v) is 9.03. The normalized spacial score (nSPS) is 18.8. The number of anilines is 1. The summed E-state index contributed by atoms with van der Waals surface area (Å²) in [6.45, 7) is 2.04. The molecule has 3 nitrogen and oxygen atoms in total. The molecule has 0 amide bonds. The predicted molar refractivity (Wildman–Crippen MR) is 79.2 cm³/mol. The monoisotopic (exact) mass is 299 g/mol. The van der Waals surface area contributed by atoms with Crippen LogP contribution in [-0.2, 0) is 9.84 Å². The first kappa shape index (κ1) is 15.3. The number of nitrogens with one attached hydrogen (secondary N) is 1. The third-order valence-corrected chi connectivity index (χ3v) is 5.22. The predicted octanol–water partition coefficient (Wildman–Crippen LogP) is 3.61. The minimum absolute atomic E-state index is 0.150. The van der Waals surface area contributed by atoms with E-state index in [9.17, 15) is 12.8 Å². The Labute approximate surface area is 120 Å². The van der Waals surface area contributed by atoms with Crippen molar-refractivity contribution in [3.8, 4) is 0 Å². The van der Waals surface area contributed by atoms with E-state index in [1.165, 1.54) is 37.5 Å². The van der Waals surface area contributed by atoms with Gasteiger partial charge in [-0.05, 0) is 43.9 Å². The van der Waals surface area contributed by atoms with Gasteiger partial charge in [0.15, 0.2) is 9.84 Å². The maximum absolute atomic E-state index is 13.8. The van der Waals surface area contributed by atoms with Crippen LogP contribution in [0.15, 0.2) is 23.1 Å². The van der Waals surface area contributed by atoms with Crippen LogP contribution in [0.25, 0.3) is 0 Å². The van der Waals surface area contributed by atoms with Gasteiger partial charge >= 0.3 is 0 Å². The fraction of sp³-hybridized carbons (Fsp3) is 0.600. The van der Waals surface area contributed by atoms with Crippen molar-refractivity contribution in [1.29, 1.82) is 0 Å². The molecule has 1 atom stereocenters. The summed E-state index contributed by atoms with van der Waals surface area (Å²) in [7, 11) is -3.31. The molecular weight excluding hydrogens is 277 g/mol. The average Bonchev–Trinajstić information content (AvgIpc) is 2.41. The summed E-state index contributed by atoms with van der Waals surface area (Å²) in [6.07, 6.45) is 7.17. The van der Waals surface area contributed by atoms with E-state index in [0.717, 1.165) is 19.1 Å². The largest absolute Gasteiger partial charge is 0.380 e. The van der Waals surface area contributed by atoms with Crippen LogP contribution in [-0.4, -0.2) is 20.7 Å². The summed E-state index contributed by atoms with van der Waals surface area (Å²) in [5, 5.41) is 3.15. The van der Waals surface area contributed by atoms with Gasteiger partial charge in [0.05, 0.1) is 10.6 Å². The first-order chi connectivity index (χ1) is 9.38. The van der Waals surface area contributed by atoms with Gasteiger partial charge < -0.3 is 5.32 Å². The van der Waals surface area contributed by atoms with Crippen LogP contribution in [0.4, 0.5) is 10.1 Å². The number of sulfone groups is 1. The highest BCUT2D eigenvalue weighted by Gasteiger charge is 2.21. The maximum atomic E-state index is 13.8. The lowest BCUT2D eigenvalue weighted by Gasteiger charge is -2.29. The Kier molecular flexibility index (Phi) is 4.68. The summed E-state index contributed by atoms with van der Waals surface area (Å²) in [4.78, 5) is 0.150. The fourth-order valence-electron chi connectivity index (χ4n) is 2.84. The maximum Gasteiger partial charge on any atom is 0.175 e. The molecule has 1 aliphatic carbocycles. The number of benzene rings is 1. The van der Waals surface area contributed by atoms with Crippen LogP contribution in [0.5, 0.6) is 0 Å². The molecule has 1 fully saturated rings. The molecular formula is C15H22FNO2S. The SMILES string of the molecule is CC(Nc1cc(S(C)(=O)=O)ccc1F)C1CCCCC1. The lowest BCUT2D eigenvalue weighted by atomic mass is 9.84. The summed E-state index contributed by atoms with van der Waals surface area (Å²) >= 11 is 0. The summed E-state index contributed by atoms with van der Waals surface area (Å²) in [5.74, 6) is 0.130. The molecule has 1 aromatic carbocycles. The quantitative estimate of drug-likeness (QED) is 0.864.